The fourth-order valence-corrected chi connectivity index (χ4v) is 4.56. The lowest BCUT2D eigenvalue weighted by Gasteiger charge is -2.19. The number of benzene rings is 3. The Morgan fingerprint density at radius 3 is 2.26 bits per heavy atom. The molecular weight excluding hydrogens is 540 g/mol. The summed E-state index contributed by atoms with van der Waals surface area (Å²) in [5, 5.41) is 7.28. The van der Waals surface area contributed by atoms with Crippen LogP contribution in [0.15, 0.2) is 77.4 Å². The average molecular weight is 587 g/mol. The van der Waals surface area contributed by atoms with Crippen molar-refractivity contribution in [3.05, 3.63) is 89.7 Å². The topological polar surface area (TPSA) is 89.8 Å². The van der Waals surface area contributed by atoms with Crippen LogP contribution >= 0.6 is 0 Å². The minimum atomic E-state index is -0.552. The molecule has 0 aliphatic heterocycles. The van der Waals surface area contributed by atoms with Gasteiger partial charge in [0.25, 0.3) is 0 Å². The standard InChI is InChI=1S/C30H32N2O5.C6H14/c1-30(2,3)37-29(34)32-18-20-8-7-11-22(14-20)26-17-25(15-23-12-13-36-28(23)26)31-19-24-10-6-5-9-21(24)16-27(33)35-4;1-3-5-6-4-2/h5-15,17,31H,16,18-19H2,1-4H3,(H,32,34);3-6H2,1-2H3. The summed E-state index contributed by atoms with van der Waals surface area (Å²) in [6.45, 7) is 10.9. The van der Waals surface area contributed by atoms with Gasteiger partial charge in [0.2, 0.25) is 0 Å². The van der Waals surface area contributed by atoms with Crippen LogP contribution < -0.4 is 10.6 Å². The summed E-state index contributed by atoms with van der Waals surface area (Å²) in [6, 6.07) is 21.8. The fraction of sp³-hybridized carbons (Fsp3) is 0.389. The Kier molecular flexibility index (Phi) is 12.7. The lowest BCUT2D eigenvalue weighted by molar-refractivity contribution is -0.139. The van der Waals surface area contributed by atoms with Gasteiger partial charge in [0.05, 0.1) is 19.8 Å². The summed E-state index contributed by atoms with van der Waals surface area (Å²) >= 11 is 0. The zero-order chi connectivity index (χ0) is 31.2. The van der Waals surface area contributed by atoms with Gasteiger partial charge in [-0.15, -0.1) is 0 Å². The highest BCUT2D eigenvalue weighted by Crippen LogP contribution is 2.33. The van der Waals surface area contributed by atoms with Crippen molar-refractivity contribution in [3.63, 3.8) is 0 Å². The van der Waals surface area contributed by atoms with Crippen molar-refractivity contribution in [2.75, 3.05) is 12.4 Å². The number of esters is 1. The second-order valence-electron chi connectivity index (χ2n) is 11.5. The second kappa shape index (κ2) is 16.4. The molecule has 0 spiro atoms. The summed E-state index contributed by atoms with van der Waals surface area (Å²) in [5.74, 6) is -0.268. The van der Waals surface area contributed by atoms with Crippen LogP contribution in [-0.2, 0) is 33.8 Å². The Labute approximate surface area is 256 Å². The van der Waals surface area contributed by atoms with Crippen molar-refractivity contribution in [1.29, 1.82) is 0 Å². The van der Waals surface area contributed by atoms with Crippen molar-refractivity contribution in [1.82, 2.24) is 5.32 Å². The number of furan rings is 1. The maximum Gasteiger partial charge on any atom is 0.407 e. The molecule has 7 nitrogen and oxygen atoms in total. The van der Waals surface area contributed by atoms with E-state index in [4.69, 9.17) is 13.9 Å². The molecule has 0 aliphatic carbocycles. The van der Waals surface area contributed by atoms with Crippen LogP contribution in [0, 0.1) is 0 Å². The first-order valence-electron chi connectivity index (χ1n) is 15.1. The Morgan fingerprint density at radius 1 is 0.860 bits per heavy atom. The summed E-state index contributed by atoms with van der Waals surface area (Å²) in [5.41, 5.74) is 5.96. The van der Waals surface area contributed by atoms with E-state index in [-0.39, 0.29) is 12.4 Å². The van der Waals surface area contributed by atoms with Crippen LogP contribution in [0.1, 0.15) is 77.0 Å². The first-order valence-corrected chi connectivity index (χ1v) is 15.1. The average Bonchev–Trinajstić information content (AvgIpc) is 3.46. The minimum Gasteiger partial charge on any atom is -0.469 e. The number of carbonyl (C=O) groups is 2. The van der Waals surface area contributed by atoms with Crippen molar-refractivity contribution in [2.24, 2.45) is 0 Å². The summed E-state index contributed by atoms with van der Waals surface area (Å²) in [4.78, 5) is 23.9. The third kappa shape index (κ3) is 10.8. The molecule has 0 bridgehead atoms. The highest BCUT2D eigenvalue weighted by atomic mass is 16.6. The van der Waals surface area contributed by atoms with E-state index < -0.39 is 11.7 Å². The molecule has 0 atom stereocenters. The van der Waals surface area contributed by atoms with Gasteiger partial charge in [0.15, 0.2) is 0 Å². The zero-order valence-electron chi connectivity index (χ0n) is 26.4. The summed E-state index contributed by atoms with van der Waals surface area (Å²) in [6.07, 6.45) is 6.99. The van der Waals surface area contributed by atoms with E-state index in [1.54, 1.807) is 6.26 Å². The maximum absolute atomic E-state index is 12.1. The molecule has 4 aromatic rings. The first kappa shape index (κ1) is 33.2. The van der Waals surface area contributed by atoms with Gasteiger partial charge in [0.1, 0.15) is 11.2 Å². The summed E-state index contributed by atoms with van der Waals surface area (Å²) < 4.78 is 16.0. The van der Waals surface area contributed by atoms with Crippen LogP contribution in [-0.4, -0.2) is 24.8 Å². The third-order valence-electron chi connectivity index (χ3n) is 6.75. The van der Waals surface area contributed by atoms with E-state index in [2.05, 4.69) is 30.5 Å². The number of unbranched alkanes of at least 4 members (excludes halogenated alkanes) is 3. The first-order chi connectivity index (χ1) is 20.6. The lowest BCUT2D eigenvalue weighted by Crippen LogP contribution is -2.32. The van der Waals surface area contributed by atoms with Gasteiger partial charge in [-0.05, 0) is 67.3 Å². The van der Waals surface area contributed by atoms with Crippen LogP contribution in [0.2, 0.25) is 0 Å². The van der Waals surface area contributed by atoms with Gasteiger partial charge in [-0.3, -0.25) is 4.79 Å². The number of anilines is 1. The highest BCUT2D eigenvalue weighted by Gasteiger charge is 2.16. The van der Waals surface area contributed by atoms with Crippen molar-refractivity contribution in [3.8, 4) is 11.1 Å². The van der Waals surface area contributed by atoms with Gasteiger partial charge < -0.3 is 24.5 Å². The molecule has 43 heavy (non-hydrogen) atoms. The number of methoxy groups -OCH3 is 1. The van der Waals surface area contributed by atoms with E-state index in [1.807, 2.05) is 81.4 Å². The number of nitrogens with one attached hydrogen (secondary N) is 2. The molecule has 230 valence electrons. The molecule has 7 heteroatoms. The van der Waals surface area contributed by atoms with E-state index in [0.717, 1.165) is 44.5 Å². The number of carbonyl (C=O) groups excluding carboxylic acids is 2. The van der Waals surface area contributed by atoms with Crippen LogP contribution in [0.25, 0.3) is 22.1 Å². The van der Waals surface area contributed by atoms with Gasteiger partial charge in [0, 0.05) is 29.7 Å². The van der Waals surface area contributed by atoms with Crippen LogP contribution in [0.3, 0.4) is 0 Å². The van der Waals surface area contributed by atoms with E-state index in [9.17, 15) is 9.59 Å². The Hall–Kier alpha value is -4.26. The molecule has 1 heterocycles. The largest absolute Gasteiger partial charge is 0.469 e. The smallest absolute Gasteiger partial charge is 0.407 e. The molecule has 0 aliphatic rings. The highest BCUT2D eigenvalue weighted by molar-refractivity contribution is 5.95. The predicted molar refractivity (Wildman–Crippen MR) is 174 cm³/mol. The molecule has 0 saturated heterocycles. The van der Waals surface area contributed by atoms with Crippen LogP contribution in [0.4, 0.5) is 10.5 Å². The molecule has 2 N–H and O–H groups in total. The minimum absolute atomic E-state index is 0.227. The molecule has 0 radical (unpaired) electrons. The number of fused-ring (bicyclic) bond motifs is 1. The van der Waals surface area contributed by atoms with Gasteiger partial charge in [-0.2, -0.15) is 0 Å². The Balaban J connectivity index is 0.000000765. The maximum atomic E-state index is 12.1. The van der Waals surface area contributed by atoms with Gasteiger partial charge >= 0.3 is 12.1 Å². The lowest BCUT2D eigenvalue weighted by atomic mass is 10.00. The number of ether oxygens (including phenoxy) is 2. The van der Waals surface area contributed by atoms with Crippen molar-refractivity contribution in [2.45, 2.75) is 85.4 Å². The van der Waals surface area contributed by atoms with Crippen molar-refractivity contribution >= 4 is 28.7 Å². The second-order valence-corrected chi connectivity index (χ2v) is 11.5. The molecule has 4 rings (SSSR count). The zero-order valence-corrected chi connectivity index (χ0v) is 26.4. The van der Waals surface area contributed by atoms with Gasteiger partial charge in [-0.25, -0.2) is 4.79 Å². The monoisotopic (exact) mass is 586 g/mol. The number of rotatable bonds is 11. The quantitative estimate of drug-likeness (QED) is 0.135. The molecule has 0 saturated carbocycles. The SMILES string of the molecule is CCCCCC.COC(=O)Cc1ccccc1CNc1cc(-c2cccc(CNC(=O)OC(C)(C)C)c2)c2occc2c1. The van der Waals surface area contributed by atoms with Crippen LogP contribution in [0.5, 0.6) is 0 Å². The normalized spacial score (nSPS) is 10.9. The number of amides is 1. The van der Waals surface area contributed by atoms with Crippen molar-refractivity contribution < 1.29 is 23.5 Å². The fourth-order valence-electron chi connectivity index (χ4n) is 4.56. The number of hydrogen-bond donors (Lipinski definition) is 2. The molecule has 0 fully saturated rings. The third-order valence-corrected chi connectivity index (χ3v) is 6.75. The van der Waals surface area contributed by atoms with Gasteiger partial charge in [-0.1, -0.05) is 82.0 Å². The van der Waals surface area contributed by atoms with E-state index in [0.29, 0.717) is 13.1 Å². The molecule has 1 aromatic heterocycles. The molecular formula is C36H46N2O5. The van der Waals surface area contributed by atoms with E-state index in [1.165, 1.54) is 32.8 Å². The molecule has 1 amide bonds. The predicted octanol–water partition coefficient (Wildman–Crippen LogP) is 9.04. The molecule has 3 aromatic carbocycles. The Bertz CT molecular complexity index is 1460. The number of alkyl carbamates (subject to hydrolysis) is 1. The molecule has 0 unspecified atom stereocenters. The van der Waals surface area contributed by atoms with E-state index >= 15 is 0 Å². The number of hydrogen-bond acceptors (Lipinski definition) is 6. The Morgan fingerprint density at radius 2 is 1.58 bits per heavy atom. The summed E-state index contributed by atoms with van der Waals surface area (Å²) in [7, 11) is 1.40.